The minimum atomic E-state index is -0.409. The third-order valence-electron chi connectivity index (χ3n) is 5.52. The van der Waals surface area contributed by atoms with Crippen LogP contribution in [0, 0.1) is 11.6 Å². The van der Waals surface area contributed by atoms with Gasteiger partial charge in [0.15, 0.2) is 5.96 Å². The van der Waals surface area contributed by atoms with E-state index in [0.29, 0.717) is 24.8 Å². The summed E-state index contributed by atoms with van der Waals surface area (Å²) in [4.78, 5) is 13.2. The predicted molar refractivity (Wildman–Crippen MR) is 105 cm³/mol. The first-order valence-electron chi connectivity index (χ1n) is 9.52. The molecule has 1 unspecified atom stereocenters. The normalized spacial score (nSPS) is 23.0. The molecule has 1 aromatic carbocycles. The summed E-state index contributed by atoms with van der Waals surface area (Å²) in [5, 5.41) is 3.49. The molecule has 1 N–H and O–H groups in total. The van der Waals surface area contributed by atoms with Gasteiger partial charge in [-0.3, -0.25) is 9.89 Å². The average molecular weight is 380 g/mol. The van der Waals surface area contributed by atoms with Gasteiger partial charge in [-0.2, -0.15) is 0 Å². The highest BCUT2D eigenvalue weighted by Gasteiger charge is 2.25. The molecular formula is C19H30F2N6. The van der Waals surface area contributed by atoms with E-state index in [1.807, 2.05) is 4.90 Å². The van der Waals surface area contributed by atoms with Gasteiger partial charge >= 0.3 is 0 Å². The fourth-order valence-electron chi connectivity index (χ4n) is 3.75. The molecule has 27 heavy (non-hydrogen) atoms. The largest absolute Gasteiger partial charge is 0.366 e. The van der Waals surface area contributed by atoms with E-state index < -0.39 is 5.82 Å². The van der Waals surface area contributed by atoms with Crippen molar-refractivity contribution < 1.29 is 8.78 Å². The second-order valence-electron chi connectivity index (χ2n) is 7.39. The van der Waals surface area contributed by atoms with E-state index in [4.69, 9.17) is 0 Å². The Balaban J connectivity index is 1.53. The molecule has 2 aliphatic rings. The molecule has 0 saturated carbocycles. The molecule has 0 amide bonds. The molecule has 2 heterocycles. The zero-order chi connectivity index (χ0) is 19.4. The van der Waals surface area contributed by atoms with Gasteiger partial charge in [-0.1, -0.05) is 0 Å². The van der Waals surface area contributed by atoms with E-state index in [9.17, 15) is 8.78 Å². The van der Waals surface area contributed by atoms with Crippen LogP contribution in [0.25, 0.3) is 0 Å². The van der Waals surface area contributed by atoms with Crippen LogP contribution in [0.1, 0.15) is 0 Å². The number of anilines is 1. The first-order chi connectivity index (χ1) is 13.0. The molecule has 2 fully saturated rings. The molecule has 3 rings (SSSR count). The summed E-state index contributed by atoms with van der Waals surface area (Å²) in [6, 6.07) is 4.06. The van der Waals surface area contributed by atoms with Gasteiger partial charge in [-0.05, 0) is 26.2 Å². The van der Waals surface area contributed by atoms with Crippen LogP contribution in [0.5, 0.6) is 0 Å². The minimum absolute atomic E-state index is 0.337. The number of halogens is 2. The standard InChI is InChI=1S/C19H30F2N6/c1-22-19(23-13-16-14-24(2)6-7-25(16)3)27-10-8-26(9-11-27)18-12-15(20)4-5-17(18)21/h4-5,12,16H,6-11,13-14H2,1-3H3,(H,22,23). The van der Waals surface area contributed by atoms with E-state index in [-0.39, 0.29) is 5.82 Å². The van der Waals surface area contributed by atoms with Gasteiger partial charge in [0.1, 0.15) is 11.6 Å². The van der Waals surface area contributed by atoms with E-state index in [2.05, 4.69) is 39.1 Å². The maximum absolute atomic E-state index is 14.0. The quantitative estimate of drug-likeness (QED) is 0.623. The fraction of sp³-hybridized carbons (Fsp3) is 0.632. The number of guanidine groups is 1. The molecule has 2 saturated heterocycles. The fourth-order valence-corrected chi connectivity index (χ4v) is 3.75. The SMILES string of the molecule is CN=C(NCC1CN(C)CCN1C)N1CCN(c2cc(F)ccc2F)CC1. The van der Waals surface area contributed by atoms with Gasteiger partial charge < -0.3 is 20.0 Å². The first kappa shape index (κ1) is 19.8. The molecule has 1 atom stereocenters. The van der Waals surface area contributed by atoms with Crippen molar-refractivity contribution in [3.63, 3.8) is 0 Å². The van der Waals surface area contributed by atoms with Crippen LogP contribution in [0.4, 0.5) is 14.5 Å². The van der Waals surface area contributed by atoms with Crippen LogP contribution in [-0.2, 0) is 0 Å². The number of hydrogen-bond acceptors (Lipinski definition) is 4. The zero-order valence-corrected chi connectivity index (χ0v) is 16.5. The second-order valence-corrected chi connectivity index (χ2v) is 7.39. The summed E-state index contributed by atoms with van der Waals surface area (Å²) < 4.78 is 27.5. The van der Waals surface area contributed by atoms with Crippen LogP contribution >= 0.6 is 0 Å². The Kier molecular flexibility index (Phi) is 6.49. The van der Waals surface area contributed by atoms with Crippen LogP contribution in [-0.4, -0.2) is 100 Å². The van der Waals surface area contributed by atoms with Crippen LogP contribution < -0.4 is 10.2 Å². The summed E-state index contributed by atoms with van der Waals surface area (Å²) in [5.74, 6) is 0.0840. The molecule has 1 aromatic rings. The van der Waals surface area contributed by atoms with Crippen molar-refractivity contribution >= 4 is 11.6 Å². The van der Waals surface area contributed by atoms with Gasteiger partial charge in [0.25, 0.3) is 0 Å². The topological polar surface area (TPSA) is 37.4 Å². The molecule has 0 radical (unpaired) electrons. The lowest BCUT2D eigenvalue weighted by Gasteiger charge is -2.40. The Hall–Kier alpha value is -1.93. The third kappa shape index (κ3) is 4.87. The van der Waals surface area contributed by atoms with Crippen LogP contribution in [0.15, 0.2) is 23.2 Å². The molecular weight excluding hydrogens is 350 g/mol. The highest BCUT2D eigenvalue weighted by Crippen LogP contribution is 2.22. The van der Waals surface area contributed by atoms with Crippen molar-refractivity contribution in [3.8, 4) is 0 Å². The van der Waals surface area contributed by atoms with E-state index in [0.717, 1.165) is 51.3 Å². The number of likely N-dealkylation sites (N-methyl/N-ethyl adjacent to an activating group) is 2. The lowest BCUT2D eigenvalue weighted by atomic mass is 10.2. The lowest BCUT2D eigenvalue weighted by molar-refractivity contribution is 0.116. The van der Waals surface area contributed by atoms with Crippen molar-refractivity contribution in [3.05, 3.63) is 29.8 Å². The molecule has 0 spiro atoms. The minimum Gasteiger partial charge on any atom is -0.366 e. The zero-order valence-electron chi connectivity index (χ0n) is 16.5. The van der Waals surface area contributed by atoms with Gasteiger partial charge in [0.05, 0.1) is 5.69 Å². The first-order valence-corrected chi connectivity index (χ1v) is 9.52. The van der Waals surface area contributed by atoms with Crippen molar-refractivity contribution in [2.75, 3.05) is 78.4 Å². The van der Waals surface area contributed by atoms with E-state index >= 15 is 0 Å². The van der Waals surface area contributed by atoms with Crippen molar-refractivity contribution in [1.29, 1.82) is 0 Å². The maximum atomic E-state index is 14.0. The number of nitrogens with one attached hydrogen (secondary N) is 1. The summed E-state index contributed by atoms with van der Waals surface area (Å²) in [7, 11) is 6.10. The van der Waals surface area contributed by atoms with Gasteiger partial charge in [0.2, 0.25) is 0 Å². The predicted octanol–water partition coefficient (Wildman–Crippen LogP) is 0.908. The highest BCUT2D eigenvalue weighted by atomic mass is 19.1. The van der Waals surface area contributed by atoms with Crippen molar-refractivity contribution in [2.45, 2.75) is 6.04 Å². The lowest BCUT2D eigenvalue weighted by Crippen LogP contribution is -2.57. The van der Waals surface area contributed by atoms with Crippen LogP contribution in [0.3, 0.4) is 0 Å². The Morgan fingerprint density at radius 2 is 1.85 bits per heavy atom. The molecule has 0 aromatic heterocycles. The second kappa shape index (κ2) is 8.84. The number of piperazine rings is 2. The Morgan fingerprint density at radius 3 is 2.56 bits per heavy atom. The molecule has 0 bridgehead atoms. The highest BCUT2D eigenvalue weighted by molar-refractivity contribution is 5.80. The summed E-state index contributed by atoms with van der Waals surface area (Å²) in [6.07, 6.45) is 0. The molecule has 6 nitrogen and oxygen atoms in total. The third-order valence-corrected chi connectivity index (χ3v) is 5.52. The average Bonchev–Trinajstić information content (AvgIpc) is 2.67. The van der Waals surface area contributed by atoms with E-state index in [1.54, 1.807) is 7.05 Å². The monoisotopic (exact) mass is 380 g/mol. The van der Waals surface area contributed by atoms with Crippen molar-refractivity contribution in [2.24, 2.45) is 4.99 Å². The van der Waals surface area contributed by atoms with Gasteiger partial charge in [0, 0.05) is 71.5 Å². The summed E-state index contributed by atoms with van der Waals surface area (Å²) in [5.41, 5.74) is 0.337. The number of aliphatic imine (C=N–C) groups is 1. The van der Waals surface area contributed by atoms with E-state index in [1.165, 1.54) is 12.1 Å². The Labute approximate surface area is 160 Å². The van der Waals surface area contributed by atoms with Gasteiger partial charge in [-0.25, -0.2) is 8.78 Å². The van der Waals surface area contributed by atoms with Crippen LogP contribution in [0.2, 0.25) is 0 Å². The summed E-state index contributed by atoms with van der Waals surface area (Å²) in [6.45, 7) is 6.74. The number of nitrogens with zero attached hydrogens (tertiary/aromatic N) is 5. The summed E-state index contributed by atoms with van der Waals surface area (Å²) >= 11 is 0. The molecule has 8 heteroatoms. The Morgan fingerprint density at radius 1 is 1.11 bits per heavy atom. The van der Waals surface area contributed by atoms with Crippen molar-refractivity contribution in [1.82, 2.24) is 20.0 Å². The number of benzene rings is 1. The Bertz CT molecular complexity index is 660. The maximum Gasteiger partial charge on any atom is 0.193 e. The molecule has 150 valence electrons. The number of rotatable bonds is 3. The number of hydrogen-bond donors (Lipinski definition) is 1. The smallest absolute Gasteiger partial charge is 0.193 e. The molecule has 0 aliphatic carbocycles. The molecule has 2 aliphatic heterocycles. The van der Waals surface area contributed by atoms with Gasteiger partial charge in [-0.15, -0.1) is 0 Å².